The summed E-state index contributed by atoms with van der Waals surface area (Å²) in [6, 6.07) is 4.60. The zero-order chi connectivity index (χ0) is 15.1. The third kappa shape index (κ3) is 4.35. The second-order valence-electron chi connectivity index (χ2n) is 4.08. The molecule has 7 heteroatoms. The smallest absolute Gasteiger partial charge is 0.387 e. The molecule has 0 bridgehead atoms. The van der Waals surface area contributed by atoms with Crippen LogP contribution in [0.25, 0.3) is 0 Å². The Balaban J connectivity index is 3.13. The minimum absolute atomic E-state index is 0.0478. The zero-order valence-corrected chi connectivity index (χ0v) is 12.3. The Morgan fingerprint density at radius 2 is 2.20 bits per heavy atom. The van der Waals surface area contributed by atoms with Gasteiger partial charge in [0.25, 0.3) is 0 Å². The van der Waals surface area contributed by atoms with E-state index in [0.717, 1.165) is 5.01 Å². The molecule has 0 atom stereocenters. The summed E-state index contributed by atoms with van der Waals surface area (Å²) in [5.74, 6) is 6.00. The van der Waals surface area contributed by atoms with E-state index < -0.39 is 6.61 Å². The van der Waals surface area contributed by atoms with Gasteiger partial charge in [-0.25, -0.2) is 10.9 Å². The Morgan fingerprint density at radius 1 is 1.50 bits per heavy atom. The Labute approximate surface area is 121 Å². The molecule has 1 rings (SSSR count). The van der Waals surface area contributed by atoms with Crippen molar-refractivity contribution in [2.24, 2.45) is 5.84 Å². The van der Waals surface area contributed by atoms with Crippen LogP contribution in [0.4, 0.5) is 14.5 Å². The number of rotatable bonds is 7. The van der Waals surface area contributed by atoms with Gasteiger partial charge in [-0.2, -0.15) is 20.5 Å². The molecule has 2 N–H and O–H groups in total. The van der Waals surface area contributed by atoms with Crippen molar-refractivity contribution < 1.29 is 18.3 Å². The molecule has 0 aliphatic carbocycles. The van der Waals surface area contributed by atoms with E-state index in [-0.39, 0.29) is 11.7 Å². The molecule has 1 amide bonds. The van der Waals surface area contributed by atoms with Gasteiger partial charge in [0.2, 0.25) is 5.91 Å². The van der Waals surface area contributed by atoms with Gasteiger partial charge in [-0.15, -0.1) is 0 Å². The van der Waals surface area contributed by atoms with Gasteiger partial charge in [-0.3, -0.25) is 4.79 Å². The van der Waals surface area contributed by atoms with E-state index in [4.69, 9.17) is 5.84 Å². The summed E-state index contributed by atoms with van der Waals surface area (Å²) in [4.78, 5) is 11.8. The van der Waals surface area contributed by atoms with Crippen LogP contribution in [-0.4, -0.2) is 18.8 Å². The highest BCUT2D eigenvalue weighted by Crippen LogP contribution is 2.32. The number of hydrazine groups is 1. The van der Waals surface area contributed by atoms with Gasteiger partial charge in [0.15, 0.2) is 0 Å². The molecule has 0 unspecified atom stereocenters. The minimum atomic E-state index is -2.91. The zero-order valence-electron chi connectivity index (χ0n) is 11.4. The number of carbonyl (C=O) groups is 1. The maximum atomic E-state index is 12.4. The Morgan fingerprint density at radius 3 is 2.75 bits per heavy atom. The molecule has 0 aliphatic rings. The number of carbonyl (C=O) groups excluding carboxylic acids is 1. The first-order valence-electron chi connectivity index (χ1n) is 6.14. The summed E-state index contributed by atoms with van der Waals surface area (Å²) in [5, 5.41) is 1.01. The Hall–Kier alpha value is -1.34. The number of halogens is 2. The van der Waals surface area contributed by atoms with Crippen LogP contribution in [0.2, 0.25) is 0 Å². The fourth-order valence-corrected chi connectivity index (χ4v) is 2.32. The van der Waals surface area contributed by atoms with Crippen LogP contribution in [-0.2, 0) is 10.5 Å². The Bertz CT molecular complexity index is 458. The van der Waals surface area contributed by atoms with Crippen molar-refractivity contribution in [1.82, 2.24) is 0 Å². The van der Waals surface area contributed by atoms with E-state index in [0.29, 0.717) is 29.8 Å². The van der Waals surface area contributed by atoms with E-state index in [9.17, 15) is 13.6 Å². The summed E-state index contributed by atoms with van der Waals surface area (Å²) in [6.45, 7) is -1.05. The maximum absolute atomic E-state index is 12.4. The van der Waals surface area contributed by atoms with Crippen LogP contribution in [0, 0.1) is 0 Å². The van der Waals surface area contributed by atoms with Gasteiger partial charge in [-0.05, 0) is 24.8 Å². The number of thioether (sulfide) groups is 1. The fourth-order valence-electron chi connectivity index (χ4n) is 1.74. The SMILES string of the molecule is CCCC(=O)N(N)c1cccc(OC(F)F)c1CSC. The first-order valence-corrected chi connectivity index (χ1v) is 7.53. The van der Waals surface area contributed by atoms with Gasteiger partial charge >= 0.3 is 6.61 Å². The first kappa shape index (κ1) is 16.7. The van der Waals surface area contributed by atoms with E-state index in [1.165, 1.54) is 23.9 Å². The number of benzene rings is 1. The Kier molecular flexibility index (Phi) is 6.74. The number of nitrogens with zero attached hydrogens (tertiary/aromatic N) is 1. The topological polar surface area (TPSA) is 55.6 Å². The third-order valence-corrected chi connectivity index (χ3v) is 3.18. The second kappa shape index (κ2) is 8.06. The van der Waals surface area contributed by atoms with E-state index in [2.05, 4.69) is 4.74 Å². The lowest BCUT2D eigenvalue weighted by atomic mass is 10.1. The van der Waals surface area contributed by atoms with Crippen LogP contribution in [0.1, 0.15) is 25.3 Å². The second-order valence-corrected chi connectivity index (χ2v) is 4.95. The number of amides is 1. The van der Waals surface area contributed by atoms with E-state index in [1.807, 2.05) is 13.2 Å². The normalized spacial score (nSPS) is 10.7. The summed E-state index contributed by atoms with van der Waals surface area (Å²) in [7, 11) is 0. The van der Waals surface area contributed by atoms with Crippen molar-refractivity contribution in [2.75, 3.05) is 11.3 Å². The maximum Gasteiger partial charge on any atom is 0.387 e. The van der Waals surface area contributed by atoms with Gasteiger partial charge < -0.3 is 4.74 Å². The fraction of sp³-hybridized carbons (Fsp3) is 0.462. The van der Waals surface area contributed by atoms with Crippen LogP contribution in [0.15, 0.2) is 18.2 Å². The quantitative estimate of drug-likeness (QED) is 0.477. The molecule has 0 fully saturated rings. The number of nitrogens with two attached hydrogens (primary N) is 1. The third-order valence-electron chi connectivity index (χ3n) is 2.61. The molecule has 1 aromatic rings. The highest BCUT2D eigenvalue weighted by Gasteiger charge is 2.19. The molecule has 20 heavy (non-hydrogen) atoms. The number of ether oxygens (including phenoxy) is 1. The lowest BCUT2D eigenvalue weighted by molar-refractivity contribution is -0.118. The summed E-state index contributed by atoms with van der Waals surface area (Å²) < 4.78 is 29.3. The van der Waals surface area contributed by atoms with Gasteiger partial charge in [0.1, 0.15) is 5.75 Å². The molecular formula is C13H18F2N2O2S. The van der Waals surface area contributed by atoms with Crippen LogP contribution in [0.3, 0.4) is 0 Å². The van der Waals surface area contributed by atoms with Gasteiger partial charge in [-0.1, -0.05) is 13.0 Å². The molecule has 4 nitrogen and oxygen atoms in total. The average Bonchev–Trinajstić information content (AvgIpc) is 2.39. The largest absolute Gasteiger partial charge is 0.434 e. The van der Waals surface area contributed by atoms with E-state index in [1.54, 1.807) is 6.07 Å². The highest BCUT2D eigenvalue weighted by atomic mass is 32.2. The molecular weight excluding hydrogens is 286 g/mol. The van der Waals surface area contributed by atoms with Gasteiger partial charge in [0, 0.05) is 17.7 Å². The average molecular weight is 304 g/mol. The van der Waals surface area contributed by atoms with Crippen molar-refractivity contribution in [3.63, 3.8) is 0 Å². The number of alkyl halides is 2. The van der Waals surface area contributed by atoms with Crippen molar-refractivity contribution in [3.8, 4) is 5.75 Å². The predicted octanol–water partition coefficient (Wildman–Crippen LogP) is 3.16. The van der Waals surface area contributed by atoms with Crippen LogP contribution < -0.4 is 15.6 Å². The van der Waals surface area contributed by atoms with Crippen molar-refractivity contribution in [1.29, 1.82) is 0 Å². The van der Waals surface area contributed by atoms with Crippen molar-refractivity contribution in [3.05, 3.63) is 23.8 Å². The molecule has 0 radical (unpaired) electrons. The van der Waals surface area contributed by atoms with Crippen molar-refractivity contribution in [2.45, 2.75) is 32.1 Å². The first-order chi connectivity index (χ1) is 9.51. The molecule has 0 aromatic heterocycles. The monoisotopic (exact) mass is 304 g/mol. The molecule has 0 aliphatic heterocycles. The summed E-state index contributed by atoms with van der Waals surface area (Å²) in [5.41, 5.74) is 0.892. The highest BCUT2D eigenvalue weighted by molar-refractivity contribution is 7.97. The van der Waals surface area contributed by atoms with E-state index >= 15 is 0 Å². The predicted molar refractivity (Wildman–Crippen MR) is 76.9 cm³/mol. The molecule has 112 valence electrons. The number of anilines is 1. The van der Waals surface area contributed by atoms with Crippen LogP contribution in [0.5, 0.6) is 5.75 Å². The van der Waals surface area contributed by atoms with Crippen molar-refractivity contribution >= 4 is 23.4 Å². The molecule has 0 spiro atoms. The van der Waals surface area contributed by atoms with Crippen LogP contribution >= 0.6 is 11.8 Å². The number of hydrogen-bond acceptors (Lipinski definition) is 4. The number of hydrogen-bond donors (Lipinski definition) is 1. The standard InChI is InChI=1S/C13H18F2N2O2S/c1-3-5-12(18)17(16)10-6-4-7-11(19-13(14)15)9(10)8-20-2/h4,6-7,13H,3,5,8,16H2,1-2H3. The lowest BCUT2D eigenvalue weighted by Crippen LogP contribution is -2.38. The summed E-state index contributed by atoms with van der Waals surface area (Å²) >= 11 is 1.43. The minimum Gasteiger partial charge on any atom is -0.434 e. The molecule has 0 saturated heterocycles. The summed E-state index contributed by atoms with van der Waals surface area (Å²) in [6.07, 6.45) is 2.80. The molecule has 0 saturated carbocycles. The molecule has 0 heterocycles. The lowest BCUT2D eigenvalue weighted by Gasteiger charge is -2.21. The van der Waals surface area contributed by atoms with Gasteiger partial charge in [0.05, 0.1) is 5.69 Å². The molecule has 1 aromatic carbocycles.